The molecule has 150 valence electrons. The fraction of sp³-hybridized carbons (Fsp3) is 0.364. The molecule has 0 heterocycles. The smallest absolute Gasteiger partial charge is 0.261 e. The number of benzene rings is 2. The van der Waals surface area contributed by atoms with Gasteiger partial charge in [-0.05, 0) is 45.4 Å². The second-order valence-corrected chi connectivity index (χ2v) is 7.64. The summed E-state index contributed by atoms with van der Waals surface area (Å²) in [5.41, 5.74) is 0.466. The number of halogens is 1. The number of nitrogens with one attached hydrogen (secondary N) is 1. The fourth-order valence-electron chi connectivity index (χ4n) is 2.62. The predicted molar refractivity (Wildman–Crippen MR) is 106 cm³/mol. The first kappa shape index (κ1) is 21.4. The monoisotopic (exact) mass is 386 g/mol. The van der Waals surface area contributed by atoms with Gasteiger partial charge in [0.1, 0.15) is 6.04 Å². The van der Waals surface area contributed by atoms with Gasteiger partial charge in [0.05, 0.1) is 0 Å². The standard InChI is InChI=1S/C22H27FN2O3/c1-16(21(27)24-22(2,3)4)25(14-17-10-6-5-7-11-17)20(26)15-28-19-13-9-8-12-18(19)23/h5-13,16H,14-15H2,1-4H3,(H,24,27)/t16-/m1/s1. The second-order valence-electron chi connectivity index (χ2n) is 7.64. The van der Waals surface area contributed by atoms with Crippen molar-refractivity contribution in [2.24, 2.45) is 0 Å². The summed E-state index contributed by atoms with van der Waals surface area (Å²) in [6.07, 6.45) is 0. The number of para-hydroxylation sites is 1. The molecule has 0 unspecified atom stereocenters. The minimum absolute atomic E-state index is 0.00214. The van der Waals surface area contributed by atoms with E-state index in [9.17, 15) is 14.0 Å². The van der Waals surface area contributed by atoms with Gasteiger partial charge in [-0.1, -0.05) is 42.5 Å². The Morgan fingerprint density at radius 1 is 1.07 bits per heavy atom. The second kappa shape index (κ2) is 9.35. The molecule has 2 rings (SSSR count). The Morgan fingerprint density at radius 2 is 1.68 bits per heavy atom. The Balaban J connectivity index is 2.15. The number of amides is 2. The molecule has 5 nitrogen and oxygen atoms in total. The van der Waals surface area contributed by atoms with Gasteiger partial charge in [-0.15, -0.1) is 0 Å². The van der Waals surface area contributed by atoms with Crippen molar-refractivity contribution in [3.05, 3.63) is 66.0 Å². The van der Waals surface area contributed by atoms with Crippen LogP contribution in [0.15, 0.2) is 54.6 Å². The van der Waals surface area contributed by atoms with Crippen LogP contribution in [0.1, 0.15) is 33.3 Å². The Bertz CT molecular complexity index is 803. The van der Waals surface area contributed by atoms with Crippen molar-refractivity contribution in [3.8, 4) is 5.75 Å². The first-order valence-electron chi connectivity index (χ1n) is 9.20. The zero-order valence-electron chi connectivity index (χ0n) is 16.7. The number of hydrogen-bond acceptors (Lipinski definition) is 3. The van der Waals surface area contributed by atoms with Gasteiger partial charge in [0, 0.05) is 12.1 Å². The first-order valence-corrected chi connectivity index (χ1v) is 9.20. The summed E-state index contributed by atoms with van der Waals surface area (Å²) in [5, 5.41) is 2.89. The molecule has 2 aromatic rings. The quantitative estimate of drug-likeness (QED) is 0.792. The van der Waals surface area contributed by atoms with Gasteiger partial charge in [0.15, 0.2) is 18.2 Å². The van der Waals surface area contributed by atoms with Crippen LogP contribution in [0.5, 0.6) is 5.75 Å². The van der Waals surface area contributed by atoms with Crippen LogP contribution in [0.25, 0.3) is 0 Å². The van der Waals surface area contributed by atoms with Crippen molar-refractivity contribution in [3.63, 3.8) is 0 Å². The number of hydrogen-bond donors (Lipinski definition) is 1. The van der Waals surface area contributed by atoms with E-state index < -0.39 is 23.3 Å². The van der Waals surface area contributed by atoms with Crippen LogP contribution in [0, 0.1) is 5.82 Å². The van der Waals surface area contributed by atoms with Crippen molar-refractivity contribution < 1.29 is 18.7 Å². The molecule has 0 aliphatic heterocycles. The first-order chi connectivity index (χ1) is 13.2. The van der Waals surface area contributed by atoms with Gasteiger partial charge < -0.3 is 15.0 Å². The number of nitrogens with zero attached hydrogens (tertiary/aromatic N) is 1. The molecule has 0 saturated heterocycles. The van der Waals surface area contributed by atoms with Crippen molar-refractivity contribution in [1.82, 2.24) is 10.2 Å². The Labute approximate surface area is 165 Å². The molecule has 6 heteroatoms. The van der Waals surface area contributed by atoms with E-state index in [4.69, 9.17) is 4.74 Å². The molecular formula is C22H27FN2O3. The molecule has 0 aliphatic rings. The van der Waals surface area contributed by atoms with Gasteiger partial charge in [-0.3, -0.25) is 9.59 Å². The van der Waals surface area contributed by atoms with Gasteiger partial charge >= 0.3 is 0 Å². The SMILES string of the molecule is C[C@H](C(=O)NC(C)(C)C)N(Cc1ccccc1)C(=O)COc1ccccc1F. The molecule has 0 bridgehead atoms. The molecule has 0 aliphatic carbocycles. The predicted octanol–water partition coefficient (Wildman–Crippen LogP) is 3.54. The molecular weight excluding hydrogens is 359 g/mol. The fourth-order valence-corrected chi connectivity index (χ4v) is 2.62. The van der Waals surface area contributed by atoms with E-state index >= 15 is 0 Å². The normalized spacial score (nSPS) is 12.2. The molecule has 28 heavy (non-hydrogen) atoms. The highest BCUT2D eigenvalue weighted by atomic mass is 19.1. The van der Waals surface area contributed by atoms with Gasteiger partial charge in [-0.2, -0.15) is 0 Å². The van der Waals surface area contributed by atoms with Gasteiger partial charge in [0.25, 0.3) is 5.91 Å². The van der Waals surface area contributed by atoms with Crippen molar-refractivity contribution >= 4 is 11.8 Å². The highest BCUT2D eigenvalue weighted by molar-refractivity contribution is 5.88. The molecule has 0 aromatic heterocycles. The highest BCUT2D eigenvalue weighted by Crippen LogP contribution is 2.16. The van der Waals surface area contributed by atoms with Crippen LogP contribution in [0.4, 0.5) is 4.39 Å². The average molecular weight is 386 g/mol. The van der Waals surface area contributed by atoms with Gasteiger partial charge in [-0.25, -0.2) is 4.39 Å². The molecule has 1 atom stereocenters. The average Bonchev–Trinajstić information content (AvgIpc) is 2.64. The third-order valence-corrected chi connectivity index (χ3v) is 4.05. The van der Waals surface area contributed by atoms with E-state index in [0.717, 1.165) is 5.56 Å². The topological polar surface area (TPSA) is 58.6 Å². The molecule has 2 amide bonds. The number of carbonyl (C=O) groups is 2. The van der Waals surface area contributed by atoms with Gasteiger partial charge in [0.2, 0.25) is 5.91 Å². The maximum atomic E-state index is 13.7. The van der Waals surface area contributed by atoms with Crippen LogP contribution in [-0.2, 0) is 16.1 Å². The Kier molecular flexibility index (Phi) is 7.15. The molecule has 0 fully saturated rings. The lowest BCUT2D eigenvalue weighted by Crippen LogP contribution is -2.53. The molecule has 2 aromatic carbocycles. The Morgan fingerprint density at radius 3 is 2.29 bits per heavy atom. The van der Waals surface area contributed by atoms with Crippen LogP contribution >= 0.6 is 0 Å². The minimum Gasteiger partial charge on any atom is -0.481 e. The summed E-state index contributed by atoms with van der Waals surface area (Å²) < 4.78 is 19.1. The van der Waals surface area contributed by atoms with E-state index in [1.807, 2.05) is 51.1 Å². The van der Waals surface area contributed by atoms with E-state index in [2.05, 4.69) is 5.32 Å². The van der Waals surface area contributed by atoms with E-state index in [0.29, 0.717) is 0 Å². The summed E-state index contributed by atoms with van der Waals surface area (Å²) in [7, 11) is 0. The zero-order valence-corrected chi connectivity index (χ0v) is 16.7. The van der Waals surface area contributed by atoms with Crippen LogP contribution in [0.2, 0.25) is 0 Å². The maximum absolute atomic E-state index is 13.7. The lowest BCUT2D eigenvalue weighted by molar-refractivity contribution is -0.142. The highest BCUT2D eigenvalue weighted by Gasteiger charge is 2.28. The molecule has 0 spiro atoms. The number of ether oxygens (including phenoxy) is 1. The third-order valence-electron chi connectivity index (χ3n) is 4.05. The van der Waals surface area contributed by atoms with Crippen molar-refractivity contribution in [2.45, 2.75) is 45.8 Å². The lowest BCUT2D eigenvalue weighted by atomic mass is 10.1. The van der Waals surface area contributed by atoms with Crippen LogP contribution in [0.3, 0.4) is 0 Å². The van der Waals surface area contributed by atoms with Crippen molar-refractivity contribution in [2.75, 3.05) is 6.61 Å². The number of carbonyl (C=O) groups excluding carboxylic acids is 2. The van der Waals surface area contributed by atoms with Crippen LogP contribution < -0.4 is 10.1 Å². The van der Waals surface area contributed by atoms with E-state index in [1.165, 1.54) is 17.0 Å². The van der Waals surface area contributed by atoms with Crippen LogP contribution in [-0.4, -0.2) is 34.9 Å². The summed E-state index contributed by atoms with van der Waals surface area (Å²) in [4.78, 5) is 26.9. The molecule has 1 N–H and O–H groups in total. The van der Waals surface area contributed by atoms with E-state index in [1.54, 1.807) is 19.1 Å². The minimum atomic E-state index is -0.712. The Hall–Kier alpha value is -2.89. The third kappa shape index (κ3) is 6.37. The lowest BCUT2D eigenvalue weighted by Gasteiger charge is -2.31. The summed E-state index contributed by atoms with van der Waals surface area (Å²) >= 11 is 0. The van der Waals surface area contributed by atoms with Crippen molar-refractivity contribution in [1.29, 1.82) is 0 Å². The van der Waals surface area contributed by atoms with E-state index in [-0.39, 0.29) is 24.8 Å². The number of rotatable bonds is 7. The largest absolute Gasteiger partial charge is 0.481 e. The zero-order chi connectivity index (χ0) is 20.7. The molecule has 0 radical (unpaired) electrons. The molecule has 0 saturated carbocycles. The maximum Gasteiger partial charge on any atom is 0.261 e. The summed E-state index contributed by atoms with van der Waals surface area (Å²) in [6, 6.07) is 14.6. The summed E-state index contributed by atoms with van der Waals surface area (Å²) in [5.74, 6) is -1.20. The summed E-state index contributed by atoms with van der Waals surface area (Å²) in [6.45, 7) is 7.19.